The number of benzene rings is 1. The molecule has 3 heteroatoms. The quantitative estimate of drug-likeness (QED) is 0.892. The second-order valence-electron chi connectivity index (χ2n) is 5.55. The first-order valence-electron chi connectivity index (χ1n) is 7.02. The van der Waals surface area contributed by atoms with Crippen LogP contribution in [0, 0.1) is 0 Å². The van der Waals surface area contributed by atoms with E-state index in [-0.39, 0.29) is 0 Å². The van der Waals surface area contributed by atoms with E-state index in [2.05, 4.69) is 54.5 Å². The highest BCUT2D eigenvalue weighted by atomic mass is 15.1. The summed E-state index contributed by atoms with van der Waals surface area (Å²) < 4.78 is 0. The van der Waals surface area contributed by atoms with Crippen molar-refractivity contribution in [1.29, 1.82) is 0 Å². The molecule has 0 aliphatic heterocycles. The minimum Gasteiger partial charge on any atom is -0.381 e. The van der Waals surface area contributed by atoms with Crippen LogP contribution in [0.3, 0.4) is 0 Å². The van der Waals surface area contributed by atoms with Gasteiger partial charge in [0.1, 0.15) is 5.82 Å². The minimum atomic E-state index is 0.576. The zero-order valence-electron chi connectivity index (χ0n) is 12.7. The first kappa shape index (κ1) is 14.4. The normalized spacial score (nSPS) is 10.7. The van der Waals surface area contributed by atoms with Crippen LogP contribution in [0.15, 0.2) is 42.6 Å². The zero-order valence-corrected chi connectivity index (χ0v) is 12.7. The Morgan fingerprint density at radius 3 is 2.25 bits per heavy atom. The molecule has 2 rings (SSSR count). The maximum atomic E-state index is 4.41. The number of nitrogens with one attached hydrogen (secondary N) is 1. The summed E-state index contributed by atoms with van der Waals surface area (Å²) in [6, 6.07) is 12.8. The van der Waals surface area contributed by atoms with E-state index in [0.29, 0.717) is 5.92 Å². The van der Waals surface area contributed by atoms with Crippen LogP contribution in [0.2, 0.25) is 0 Å². The van der Waals surface area contributed by atoms with Gasteiger partial charge in [0.15, 0.2) is 0 Å². The minimum absolute atomic E-state index is 0.576. The lowest BCUT2D eigenvalue weighted by Gasteiger charge is -2.12. The third-order valence-electron chi connectivity index (χ3n) is 3.34. The van der Waals surface area contributed by atoms with E-state index in [1.807, 2.05) is 31.3 Å². The molecule has 0 unspecified atom stereocenters. The monoisotopic (exact) mass is 269 g/mol. The van der Waals surface area contributed by atoms with E-state index in [9.17, 15) is 0 Å². The molecule has 2 aromatic rings. The van der Waals surface area contributed by atoms with Gasteiger partial charge in [-0.2, -0.15) is 0 Å². The van der Waals surface area contributed by atoms with Gasteiger partial charge in [-0.15, -0.1) is 0 Å². The molecule has 3 nitrogen and oxygen atoms in total. The number of nitrogens with zero attached hydrogens (tertiary/aromatic N) is 2. The molecular weight excluding hydrogens is 246 g/mol. The number of pyridine rings is 1. The van der Waals surface area contributed by atoms with Crippen molar-refractivity contribution < 1.29 is 0 Å². The van der Waals surface area contributed by atoms with Crippen molar-refractivity contribution in [3.05, 3.63) is 53.7 Å². The molecular formula is C17H23N3. The second-order valence-corrected chi connectivity index (χ2v) is 5.55. The van der Waals surface area contributed by atoms with Crippen LogP contribution in [0.1, 0.15) is 30.9 Å². The number of hydrogen-bond acceptors (Lipinski definition) is 3. The molecule has 0 aliphatic carbocycles. The van der Waals surface area contributed by atoms with E-state index in [1.54, 1.807) is 0 Å². The Hall–Kier alpha value is -2.03. The van der Waals surface area contributed by atoms with E-state index in [0.717, 1.165) is 18.1 Å². The molecule has 0 saturated heterocycles. The summed E-state index contributed by atoms with van der Waals surface area (Å²) in [6.45, 7) is 5.21. The first-order chi connectivity index (χ1) is 9.56. The highest BCUT2D eigenvalue weighted by molar-refractivity contribution is 5.46. The van der Waals surface area contributed by atoms with Gasteiger partial charge in [0.25, 0.3) is 0 Å². The first-order valence-corrected chi connectivity index (χ1v) is 7.02. The molecule has 0 aliphatic rings. The van der Waals surface area contributed by atoms with Gasteiger partial charge < -0.3 is 10.2 Å². The Labute approximate surface area is 121 Å². The van der Waals surface area contributed by atoms with Crippen LogP contribution >= 0.6 is 0 Å². The molecule has 0 atom stereocenters. The maximum absolute atomic E-state index is 4.41. The van der Waals surface area contributed by atoms with Gasteiger partial charge in [-0.05, 0) is 35.2 Å². The Morgan fingerprint density at radius 2 is 1.75 bits per heavy atom. The molecule has 1 aromatic heterocycles. The smallest absolute Gasteiger partial charge is 0.127 e. The van der Waals surface area contributed by atoms with Crippen LogP contribution in [-0.4, -0.2) is 19.1 Å². The van der Waals surface area contributed by atoms with Crippen LogP contribution < -0.4 is 10.2 Å². The lowest BCUT2D eigenvalue weighted by molar-refractivity contribution is 0.867. The maximum Gasteiger partial charge on any atom is 0.127 e. The summed E-state index contributed by atoms with van der Waals surface area (Å²) in [6.07, 6.45) is 1.92. The van der Waals surface area contributed by atoms with Gasteiger partial charge in [-0.1, -0.05) is 32.0 Å². The number of aromatic nitrogens is 1. The fourth-order valence-corrected chi connectivity index (χ4v) is 1.98. The van der Waals surface area contributed by atoms with Gasteiger partial charge >= 0.3 is 0 Å². The summed E-state index contributed by atoms with van der Waals surface area (Å²) in [5, 5.41) is 3.42. The van der Waals surface area contributed by atoms with Gasteiger partial charge in [-0.3, -0.25) is 0 Å². The molecule has 1 aromatic carbocycles. The topological polar surface area (TPSA) is 28.2 Å². The fourth-order valence-electron chi connectivity index (χ4n) is 1.98. The van der Waals surface area contributed by atoms with E-state index < -0.39 is 0 Å². The molecule has 0 fully saturated rings. The summed E-state index contributed by atoms with van der Waals surface area (Å²) in [4.78, 5) is 6.42. The third kappa shape index (κ3) is 3.73. The van der Waals surface area contributed by atoms with Crippen molar-refractivity contribution >= 4 is 11.5 Å². The standard InChI is InChI=1S/C17H23N3/c1-13(2)15-6-8-16(9-7-15)18-11-14-5-10-17(19-12-14)20(3)4/h5-10,12-13,18H,11H2,1-4H3. The largest absolute Gasteiger partial charge is 0.381 e. The van der Waals surface area contributed by atoms with Gasteiger partial charge in [0, 0.05) is 32.5 Å². The van der Waals surface area contributed by atoms with Crippen molar-refractivity contribution in [2.75, 3.05) is 24.3 Å². The Balaban J connectivity index is 1.94. The van der Waals surface area contributed by atoms with Crippen molar-refractivity contribution in [2.45, 2.75) is 26.3 Å². The Morgan fingerprint density at radius 1 is 1.05 bits per heavy atom. The summed E-state index contributed by atoms with van der Waals surface area (Å²) >= 11 is 0. The molecule has 0 radical (unpaired) electrons. The number of hydrogen-bond donors (Lipinski definition) is 1. The summed E-state index contributed by atoms with van der Waals surface area (Å²) in [5.41, 5.74) is 3.70. The summed E-state index contributed by atoms with van der Waals surface area (Å²) in [7, 11) is 3.99. The summed E-state index contributed by atoms with van der Waals surface area (Å²) in [5.74, 6) is 1.56. The highest BCUT2D eigenvalue weighted by Crippen LogP contribution is 2.17. The molecule has 20 heavy (non-hydrogen) atoms. The molecule has 0 spiro atoms. The fraction of sp³-hybridized carbons (Fsp3) is 0.353. The third-order valence-corrected chi connectivity index (χ3v) is 3.34. The van der Waals surface area contributed by atoms with Crippen LogP contribution in [0.4, 0.5) is 11.5 Å². The molecule has 0 amide bonds. The zero-order chi connectivity index (χ0) is 14.5. The van der Waals surface area contributed by atoms with E-state index in [1.165, 1.54) is 11.1 Å². The van der Waals surface area contributed by atoms with Gasteiger partial charge in [0.2, 0.25) is 0 Å². The second kappa shape index (κ2) is 6.42. The van der Waals surface area contributed by atoms with Crippen molar-refractivity contribution in [1.82, 2.24) is 4.98 Å². The van der Waals surface area contributed by atoms with Crippen LogP contribution in [0.25, 0.3) is 0 Å². The highest BCUT2D eigenvalue weighted by Gasteiger charge is 2.00. The van der Waals surface area contributed by atoms with Crippen molar-refractivity contribution in [3.63, 3.8) is 0 Å². The van der Waals surface area contributed by atoms with Crippen LogP contribution in [-0.2, 0) is 6.54 Å². The predicted octanol–water partition coefficient (Wildman–Crippen LogP) is 3.88. The Bertz CT molecular complexity index is 476. The predicted molar refractivity (Wildman–Crippen MR) is 86.4 cm³/mol. The van der Waals surface area contributed by atoms with E-state index in [4.69, 9.17) is 0 Å². The number of rotatable bonds is 5. The molecule has 106 valence electrons. The SMILES string of the molecule is CC(C)c1ccc(NCc2ccc(N(C)C)nc2)cc1. The lowest BCUT2D eigenvalue weighted by Crippen LogP contribution is -2.10. The molecule has 0 saturated carbocycles. The average molecular weight is 269 g/mol. The molecule has 1 heterocycles. The Kier molecular flexibility index (Phi) is 4.61. The van der Waals surface area contributed by atoms with Gasteiger partial charge in [-0.25, -0.2) is 4.98 Å². The molecule has 1 N–H and O–H groups in total. The van der Waals surface area contributed by atoms with Crippen molar-refractivity contribution in [3.8, 4) is 0 Å². The average Bonchev–Trinajstić information content (AvgIpc) is 2.46. The number of anilines is 2. The van der Waals surface area contributed by atoms with Crippen molar-refractivity contribution in [2.24, 2.45) is 0 Å². The lowest BCUT2D eigenvalue weighted by atomic mass is 10.0. The van der Waals surface area contributed by atoms with E-state index >= 15 is 0 Å². The molecule has 0 bridgehead atoms. The van der Waals surface area contributed by atoms with Gasteiger partial charge in [0.05, 0.1) is 0 Å². The van der Waals surface area contributed by atoms with Crippen LogP contribution in [0.5, 0.6) is 0 Å².